The third-order valence-corrected chi connectivity index (χ3v) is 1.95. The number of aromatic hydroxyl groups is 1. The molecule has 1 rings (SSSR count). The summed E-state index contributed by atoms with van der Waals surface area (Å²) in [5.74, 6) is -0.295. The quantitative estimate of drug-likeness (QED) is 0.498. The maximum absolute atomic E-state index is 9.06. The van der Waals surface area contributed by atoms with Gasteiger partial charge in [0.05, 0.1) is 13.2 Å². The van der Waals surface area contributed by atoms with Gasteiger partial charge in [-0.1, -0.05) is 6.07 Å². The van der Waals surface area contributed by atoms with Gasteiger partial charge in [-0.3, -0.25) is 0 Å². The van der Waals surface area contributed by atoms with Crippen LogP contribution in [0.3, 0.4) is 0 Å². The fourth-order valence-electron chi connectivity index (χ4n) is 1.19. The fraction of sp³-hybridized carbons (Fsp3) is 0.333. The van der Waals surface area contributed by atoms with E-state index in [1.807, 2.05) is 0 Å². The molecule has 0 aromatic heterocycles. The number of benzene rings is 1. The average molecular weight is 183 g/mol. The van der Waals surface area contributed by atoms with Crippen LogP contribution < -0.4 is 5.73 Å². The fourth-order valence-corrected chi connectivity index (χ4v) is 1.19. The Morgan fingerprint density at radius 3 is 2.31 bits per heavy atom. The maximum atomic E-state index is 9.06. The second-order valence-electron chi connectivity index (χ2n) is 2.88. The second-order valence-corrected chi connectivity index (χ2v) is 2.88. The number of aliphatic hydroxyl groups excluding tert-OH is 2. The summed E-state index contributed by atoms with van der Waals surface area (Å²) in [5.41, 5.74) is 6.63. The molecule has 0 bridgehead atoms. The van der Waals surface area contributed by atoms with E-state index in [1.54, 1.807) is 6.07 Å². The van der Waals surface area contributed by atoms with Gasteiger partial charge in [-0.15, -0.1) is 0 Å². The van der Waals surface area contributed by atoms with Crippen LogP contribution in [0, 0.1) is 0 Å². The van der Waals surface area contributed by atoms with Crippen molar-refractivity contribution in [3.8, 4) is 5.75 Å². The van der Waals surface area contributed by atoms with Gasteiger partial charge in [-0.2, -0.15) is 0 Å². The molecule has 0 aliphatic heterocycles. The van der Waals surface area contributed by atoms with Crippen LogP contribution in [0.5, 0.6) is 5.75 Å². The van der Waals surface area contributed by atoms with Gasteiger partial charge < -0.3 is 21.1 Å². The lowest BCUT2D eigenvalue weighted by molar-refractivity contribution is 0.193. The van der Waals surface area contributed by atoms with E-state index in [-0.39, 0.29) is 24.9 Å². The zero-order valence-corrected chi connectivity index (χ0v) is 7.14. The average Bonchev–Trinajstić information content (AvgIpc) is 2.10. The molecule has 1 aromatic rings. The van der Waals surface area contributed by atoms with Gasteiger partial charge in [-0.25, -0.2) is 0 Å². The highest BCUT2D eigenvalue weighted by Crippen LogP contribution is 2.25. The molecule has 0 heterocycles. The summed E-state index contributed by atoms with van der Waals surface area (Å²) in [4.78, 5) is 0. The molecule has 13 heavy (non-hydrogen) atoms. The summed E-state index contributed by atoms with van der Waals surface area (Å²) < 4.78 is 0. The Morgan fingerprint density at radius 2 is 1.85 bits per heavy atom. The summed E-state index contributed by atoms with van der Waals surface area (Å²) >= 11 is 0. The highest BCUT2D eigenvalue weighted by atomic mass is 16.3. The molecule has 0 aliphatic rings. The Morgan fingerprint density at radius 1 is 1.23 bits per heavy atom. The highest BCUT2D eigenvalue weighted by Gasteiger charge is 2.12. The number of aliphatic hydroxyl groups is 2. The lowest BCUT2D eigenvalue weighted by Gasteiger charge is -2.13. The molecule has 0 atom stereocenters. The molecule has 0 aliphatic carbocycles. The predicted octanol–water partition coefficient (Wildman–Crippen LogP) is 0.0426. The number of anilines is 1. The first-order chi connectivity index (χ1) is 6.19. The molecule has 0 fully saturated rings. The molecular weight excluding hydrogens is 170 g/mol. The molecule has 1 aromatic carbocycles. The normalized spacial score (nSPS) is 10.7. The van der Waals surface area contributed by atoms with Crippen molar-refractivity contribution >= 4 is 5.69 Å². The van der Waals surface area contributed by atoms with Crippen molar-refractivity contribution in [3.63, 3.8) is 0 Å². The smallest absolute Gasteiger partial charge is 0.117 e. The largest absolute Gasteiger partial charge is 0.508 e. The van der Waals surface area contributed by atoms with Crippen LogP contribution >= 0.6 is 0 Å². The van der Waals surface area contributed by atoms with E-state index in [0.29, 0.717) is 11.3 Å². The van der Waals surface area contributed by atoms with Gasteiger partial charge in [-0.05, 0) is 11.6 Å². The molecule has 72 valence electrons. The van der Waals surface area contributed by atoms with Crippen LogP contribution in [-0.2, 0) is 0 Å². The molecule has 0 radical (unpaired) electrons. The molecule has 0 saturated carbocycles. The van der Waals surface area contributed by atoms with Crippen LogP contribution in [0.15, 0.2) is 18.2 Å². The number of phenolic OH excluding ortho intramolecular Hbond substituents is 1. The summed E-state index contributed by atoms with van der Waals surface area (Å²) in [5, 5.41) is 26.8. The lowest BCUT2D eigenvalue weighted by Crippen LogP contribution is -2.10. The third-order valence-electron chi connectivity index (χ3n) is 1.95. The van der Waals surface area contributed by atoms with Crippen molar-refractivity contribution < 1.29 is 15.3 Å². The van der Waals surface area contributed by atoms with Gasteiger partial charge >= 0.3 is 0 Å². The minimum absolute atomic E-state index is 0.0795. The summed E-state index contributed by atoms with van der Waals surface area (Å²) in [6, 6.07) is 4.47. The van der Waals surface area contributed by atoms with Gasteiger partial charge in [0.15, 0.2) is 0 Å². The number of hydrogen-bond donors (Lipinski definition) is 4. The highest BCUT2D eigenvalue weighted by molar-refractivity contribution is 5.52. The van der Waals surface area contributed by atoms with E-state index in [2.05, 4.69) is 0 Å². The van der Waals surface area contributed by atoms with Crippen molar-refractivity contribution in [1.82, 2.24) is 0 Å². The number of rotatable bonds is 3. The van der Waals surface area contributed by atoms with E-state index in [0.717, 1.165) is 0 Å². The van der Waals surface area contributed by atoms with Crippen LogP contribution in [0.2, 0.25) is 0 Å². The van der Waals surface area contributed by atoms with Crippen molar-refractivity contribution in [2.75, 3.05) is 18.9 Å². The van der Waals surface area contributed by atoms with E-state index in [1.165, 1.54) is 12.1 Å². The third kappa shape index (κ3) is 2.11. The number of nitrogen functional groups attached to an aromatic ring is 1. The molecule has 0 saturated heterocycles. The molecule has 0 unspecified atom stereocenters. The number of nitrogens with two attached hydrogens (primary N) is 1. The SMILES string of the molecule is Nc1cc(O)ccc1C(CO)CO. The van der Waals surface area contributed by atoms with Crippen LogP contribution in [0.4, 0.5) is 5.69 Å². The van der Waals surface area contributed by atoms with Crippen LogP contribution in [0.25, 0.3) is 0 Å². The lowest BCUT2D eigenvalue weighted by atomic mass is 9.99. The molecule has 0 spiro atoms. The van der Waals surface area contributed by atoms with Crippen molar-refractivity contribution in [1.29, 1.82) is 0 Å². The monoisotopic (exact) mass is 183 g/mol. The maximum Gasteiger partial charge on any atom is 0.117 e. The Balaban J connectivity index is 2.99. The van der Waals surface area contributed by atoms with Crippen LogP contribution in [0.1, 0.15) is 11.5 Å². The van der Waals surface area contributed by atoms with E-state index >= 15 is 0 Å². The predicted molar refractivity (Wildman–Crippen MR) is 49.4 cm³/mol. The van der Waals surface area contributed by atoms with E-state index in [4.69, 9.17) is 21.1 Å². The summed E-state index contributed by atoms with van der Waals surface area (Å²) in [7, 11) is 0. The minimum atomic E-state index is -0.374. The van der Waals surface area contributed by atoms with Gasteiger partial charge in [0, 0.05) is 17.7 Å². The molecule has 4 heteroatoms. The Bertz CT molecular complexity index is 284. The Labute approximate surface area is 76.2 Å². The molecule has 5 N–H and O–H groups in total. The first kappa shape index (κ1) is 9.83. The van der Waals surface area contributed by atoms with E-state index < -0.39 is 0 Å². The standard InChI is InChI=1S/C9H13NO3/c10-9-3-7(13)1-2-8(9)6(4-11)5-12/h1-3,6,11-13H,4-5,10H2. The zero-order valence-electron chi connectivity index (χ0n) is 7.14. The Kier molecular flexibility index (Phi) is 3.11. The number of hydrogen-bond acceptors (Lipinski definition) is 4. The van der Waals surface area contributed by atoms with Crippen molar-refractivity contribution in [2.45, 2.75) is 5.92 Å². The minimum Gasteiger partial charge on any atom is -0.508 e. The van der Waals surface area contributed by atoms with Crippen molar-refractivity contribution in [2.24, 2.45) is 0 Å². The first-order valence-electron chi connectivity index (χ1n) is 3.99. The molecule has 4 nitrogen and oxygen atoms in total. The van der Waals surface area contributed by atoms with Crippen molar-refractivity contribution in [3.05, 3.63) is 23.8 Å². The Hall–Kier alpha value is -1.26. The second kappa shape index (κ2) is 4.11. The van der Waals surface area contributed by atoms with Crippen LogP contribution in [-0.4, -0.2) is 28.5 Å². The first-order valence-corrected chi connectivity index (χ1v) is 3.99. The molecule has 0 amide bonds. The summed E-state index contributed by atoms with van der Waals surface area (Å²) in [6.07, 6.45) is 0. The van der Waals surface area contributed by atoms with Gasteiger partial charge in [0.1, 0.15) is 5.75 Å². The topological polar surface area (TPSA) is 86.7 Å². The zero-order chi connectivity index (χ0) is 9.84. The number of phenols is 1. The molecular formula is C9H13NO3. The van der Waals surface area contributed by atoms with Gasteiger partial charge in [0.25, 0.3) is 0 Å². The van der Waals surface area contributed by atoms with Gasteiger partial charge in [0.2, 0.25) is 0 Å². The van der Waals surface area contributed by atoms with E-state index in [9.17, 15) is 0 Å². The summed E-state index contributed by atoms with van der Waals surface area (Å²) in [6.45, 7) is -0.322.